The molecule has 1 aromatic rings. The van der Waals surface area contributed by atoms with Crippen molar-refractivity contribution < 1.29 is 9.90 Å². The van der Waals surface area contributed by atoms with Crippen molar-refractivity contribution in [1.82, 2.24) is 5.32 Å². The average Bonchev–Trinajstić information content (AvgIpc) is 2.49. The Labute approximate surface area is 74.0 Å². The smallest absolute Gasteiger partial charge is 0.321 e. The Morgan fingerprint density at radius 3 is 3.33 bits per heavy atom. The molecule has 12 heavy (non-hydrogen) atoms. The lowest BCUT2D eigenvalue weighted by atomic mass is 10.0. The molecule has 0 aliphatic carbocycles. The van der Waals surface area contributed by atoms with Crippen molar-refractivity contribution in [2.45, 2.75) is 19.0 Å². The summed E-state index contributed by atoms with van der Waals surface area (Å²) in [5, 5.41) is 13.7. The molecule has 0 saturated carbocycles. The molecule has 1 atom stereocenters. The minimum atomic E-state index is -0.758. The van der Waals surface area contributed by atoms with Gasteiger partial charge in [-0.2, -0.15) is 0 Å². The lowest BCUT2D eigenvalue weighted by molar-refractivity contribution is -0.139. The van der Waals surface area contributed by atoms with Crippen LogP contribution in [0.2, 0.25) is 0 Å². The highest BCUT2D eigenvalue weighted by Crippen LogP contribution is 2.21. The number of hydrogen-bond acceptors (Lipinski definition) is 3. The van der Waals surface area contributed by atoms with E-state index in [1.165, 1.54) is 10.4 Å². The standard InChI is InChI=1S/C8H9NO2S/c10-8(11)6-3-5-1-2-12-7(5)4-9-6/h1-2,6,9H,3-4H2,(H,10,11). The number of carbonyl (C=O) groups is 1. The third-order valence-corrected chi connectivity index (χ3v) is 3.03. The molecule has 0 aromatic carbocycles. The summed E-state index contributed by atoms with van der Waals surface area (Å²) in [5.41, 5.74) is 1.19. The van der Waals surface area contributed by atoms with Gasteiger partial charge in [0.15, 0.2) is 0 Å². The molecular weight excluding hydrogens is 174 g/mol. The summed E-state index contributed by atoms with van der Waals surface area (Å²) in [6, 6.07) is 1.61. The van der Waals surface area contributed by atoms with E-state index in [0.29, 0.717) is 13.0 Å². The van der Waals surface area contributed by atoms with Gasteiger partial charge in [-0.25, -0.2) is 0 Å². The average molecular weight is 183 g/mol. The molecule has 1 aliphatic heterocycles. The highest BCUT2D eigenvalue weighted by atomic mass is 32.1. The molecule has 4 heteroatoms. The monoisotopic (exact) mass is 183 g/mol. The summed E-state index contributed by atoms with van der Waals surface area (Å²) in [6.45, 7) is 0.698. The van der Waals surface area contributed by atoms with Gasteiger partial charge in [0.05, 0.1) is 0 Å². The summed E-state index contributed by atoms with van der Waals surface area (Å²) < 4.78 is 0. The van der Waals surface area contributed by atoms with E-state index in [0.717, 1.165) is 0 Å². The first-order valence-corrected chi connectivity index (χ1v) is 4.67. The number of carboxylic acids is 1. The van der Waals surface area contributed by atoms with E-state index >= 15 is 0 Å². The molecule has 0 saturated heterocycles. The van der Waals surface area contributed by atoms with E-state index in [1.807, 2.05) is 11.4 Å². The van der Waals surface area contributed by atoms with Crippen molar-refractivity contribution in [2.75, 3.05) is 0 Å². The van der Waals surface area contributed by atoms with E-state index in [1.54, 1.807) is 11.3 Å². The molecule has 2 rings (SSSR count). The zero-order chi connectivity index (χ0) is 8.55. The number of nitrogens with one attached hydrogen (secondary N) is 1. The van der Waals surface area contributed by atoms with Crippen molar-refractivity contribution in [2.24, 2.45) is 0 Å². The molecule has 0 amide bonds. The minimum absolute atomic E-state index is 0.396. The quantitative estimate of drug-likeness (QED) is 0.678. The summed E-state index contributed by atoms with van der Waals surface area (Å²) in [4.78, 5) is 11.9. The Bertz CT molecular complexity index is 308. The number of fused-ring (bicyclic) bond motifs is 1. The Balaban J connectivity index is 2.20. The lowest BCUT2D eigenvalue weighted by Gasteiger charge is -2.19. The third kappa shape index (κ3) is 1.23. The van der Waals surface area contributed by atoms with Crippen LogP contribution in [0.15, 0.2) is 11.4 Å². The van der Waals surface area contributed by atoms with Crippen LogP contribution in [0, 0.1) is 0 Å². The van der Waals surface area contributed by atoms with Gasteiger partial charge in [-0.15, -0.1) is 11.3 Å². The van der Waals surface area contributed by atoms with Gasteiger partial charge in [0.25, 0.3) is 0 Å². The van der Waals surface area contributed by atoms with Gasteiger partial charge in [0.1, 0.15) is 6.04 Å². The van der Waals surface area contributed by atoms with E-state index in [2.05, 4.69) is 5.32 Å². The van der Waals surface area contributed by atoms with Gasteiger partial charge in [0, 0.05) is 11.4 Å². The highest BCUT2D eigenvalue weighted by molar-refractivity contribution is 7.10. The maximum atomic E-state index is 10.6. The largest absolute Gasteiger partial charge is 0.480 e. The van der Waals surface area contributed by atoms with Crippen LogP contribution in [-0.2, 0) is 17.8 Å². The second kappa shape index (κ2) is 2.88. The molecule has 3 nitrogen and oxygen atoms in total. The molecule has 0 spiro atoms. The van der Waals surface area contributed by atoms with Gasteiger partial charge < -0.3 is 5.11 Å². The van der Waals surface area contributed by atoms with Crippen LogP contribution in [-0.4, -0.2) is 17.1 Å². The highest BCUT2D eigenvalue weighted by Gasteiger charge is 2.23. The predicted molar refractivity (Wildman–Crippen MR) is 46.3 cm³/mol. The second-order valence-corrected chi connectivity index (χ2v) is 3.85. The van der Waals surface area contributed by atoms with Gasteiger partial charge in [-0.05, 0) is 23.4 Å². The Kier molecular flexibility index (Phi) is 1.86. The molecule has 2 N–H and O–H groups in total. The van der Waals surface area contributed by atoms with Crippen LogP contribution in [0.1, 0.15) is 10.4 Å². The van der Waals surface area contributed by atoms with Crippen molar-refractivity contribution in [3.63, 3.8) is 0 Å². The molecule has 2 heterocycles. The molecule has 1 unspecified atom stereocenters. The number of aliphatic carboxylic acids is 1. The Hall–Kier alpha value is -0.870. The minimum Gasteiger partial charge on any atom is -0.480 e. The molecule has 0 bridgehead atoms. The van der Waals surface area contributed by atoms with Crippen LogP contribution in [0.3, 0.4) is 0 Å². The molecule has 0 fully saturated rings. The zero-order valence-electron chi connectivity index (χ0n) is 6.41. The maximum absolute atomic E-state index is 10.6. The Morgan fingerprint density at radius 2 is 2.58 bits per heavy atom. The van der Waals surface area contributed by atoms with Crippen molar-refractivity contribution in [3.8, 4) is 0 Å². The fourth-order valence-corrected chi connectivity index (χ4v) is 2.25. The van der Waals surface area contributed by atoms with Gasteiger partial charge in [0.2, 0.25) is 0 Å². The third-order valence-electron chi connectivity index (χ3n) is 2.07. The molecular formula is C8H9NO2S. The normalized spacial score (nSPS) is 21.8. The number of thiophene rings is 1. The summed E-state index contributed by atoms with van der Waals surface area (Å²) in [6.07, 6.45) is 0.619. The first-order chi connectivity index (χ1) is 5.77. The molecule has 1 aromatic heterocycles. The summed E-state index contributed by atoms with van der Waals surface area (Å²) >= 11 is 1.68. The topological polar surface area (TPSA) is 49.3 Å². The van der Waals surface area contributed by atoms with Crippen LogP contribution in [0.25, 0.3) is 0 Å². The van der Waals surface area contributed by atoms with Gasteiger partial charge in [-0.3, -0.25) is 10.1 Å². The Morgan fingerprint density at radius 1 is 1.75 bits per heavy atom. The number of carboxylic acid groups (broad SMARTS) is 1. The first-order valence-electron chi connectivity index (χ1n) is 3.79. The van der Waals surface area contributed by atoms with E-state index in [4.69, 9.17) is 5.11 Å². The van der Waals surface area contributed by atoms with Crippen LogP contribution < -0.4 is 5.32 Å². The number of hydrogen-bond donors (Lipinski definition) is 2. The van der Waals surface area contributed by atoms with E-state index in [-0.39, 0.29) is 0 Å². The fraction of sp³-hybridized carbons (Fsp3) is 0.375. The van der Waals surface area contributed by atoms with Gasteiger partial charge >= 0.3 is 5.97 Å². The van der Waals surface area contributed by atoms with E-state index in [9.17, 15) is 4.79 Å². The number of rotatable bonds is 1. The van der Waals surface area contributed by atoms with E-state index < -0.39 is 12.0 Å². The van der Waals surface area contributed by atoms with Crippen LogP contribution >= 0.6 is 11.3 Å². The summed E-state index contributed by atoms with van der Waals surface area (Å²) in [5.74, 6) is -0.758. The molecule has 64 valence electrons. The lowest BCUT2D eigenvalue weighted by Crippen LogP contribution is -2.40. The van der Waals surface area contributed by atoms with Crippen LogP contribution in [0.5, 0.6) is 0 Å². The van der Waals surface area contributed by atoms with Crippen molar-refractivity contribution in [1.29, 1.82) is 0 Å². The zero-order valence-corrected chi connectivity index (χ0v) is 7.23. The fourth-order valence-electron chi connectivity index (χ4n) is 1.39. The molecule has 0 radical (unpaired) electrons. The van der Waals surface area contributed by atoms with Gasteiger partial charge in [-0.1, -0.05) is 0 Å². The SMILES string of the molecule is O=C(O)C1Cc2ccsc2CN1. The second-order valence-electron chi connectivity index (χ2n) is 2.84. The molecule has 1 aliphatic rings. The predicted octanol–water partition coefficient (Wildman–Crippen LogP) is 0.847. The van der Waals surface area contributed by atoms with Crippen LogP contribution in [0.4, 0.5) is 0 Å². The van der Waals surface area contributed by atoms with Crippen molar-refractivity contribution in [3.05, 3.63) is 21.9 Å². The summed E-state index contributed by atoms with van der Waals surface area (Å²) in [7, 11) is 0. The maximum Gasteiger partial charge on any atom is 0.321 e. The van der Waals surface area contributed by atoms with Crippen molar-refractivity contribution >= 4 is 17.3 Å². The first kappa shape index (κ1) is 7.76.